The number of aromatic nitrogens is 2. The predicted molar refractivity (Wildman–Crippen MR) is 119 cm³/mol. The van der Waals surface area contributed by atoms with Gasteiger partial charge in [0.25, 0.3) is 11.5 Å². The van der Waals surface area contributed by atoms with Gasteiger partial charge >= 0.3 is 6.36 Å². The number of amides is 2. The van der Waals surface area contributed by atoms with Crippen molar-refractivity contribution in [1.82, 2.24) is 14.7 Å². The molecule has 0 atom stereocenters. The van der Waals surface area contributed by atoms with Crippen molar-refractivity contribution in [2.45, 2.75) is 12.9 Å². The first-order chi connectivity index (χ1) is 16.6. The molecule has 1 heterocycles. The molecule has 1 N–H and O–H groups in total. The Morgan fingerprint density at radius 3 is 2.34 bits per heavy atom. The number of hydrogen-bond acceptors (Lipinski definition) is 6. The second-order valence-electron chi connectivity index (χ2n) is 7.22. The van der Waals surface area contributed by atoms with Crippen LogP contribution in [-0.2, 0) is 11.3 Å². The largest absolute Gasteiger partial charge is 0.573 e. The number of ether oxygens (including phenoxy) is 2. The fraction of sp³-hybridized carbons (Fsp3) is 0.217. The SMILES string of the molecule is CN(CC(=O)Nc1ccc(OC(F)(F)F)cc1)C(=O)c1ccc(=O)n(CCOc2ccccc2)n1. The third kappa shape index (κ3) is 7.88. The van der Waals surface area contributed by atoms with Crippen molar-refractivity contribution in [3.8, 4) is 11.5 Å². The molecule has 0 saturated heterocycles. The van der Waals surface area contributed by atoms with Gasteiger partial charge in [-0.1, -0.05) is 18.2 Å². The highest BCUT2D eigenvalue weighted by atomic mass is 19.4. The lowest BCUT2D eigenvalue weighted by Gasteiger charge is -2.17. The summed E-state index contributed by atoms with van der Waals surface area (Å²) in [6.45, 7) is -0.107. The molecule has 12 heteroatoms. The zero-order valence-corrected chi connectivity index (χ0v) is 18.5. The van der Waals surface area contributed by atoms with E-state index in [4.69, 9.17) is 4.74 Å². The minimum absolute atomic E-state index is 0.0479. The van der Waals surface area contributed by atoms with Crippen LogP contribution in [0.5, 0.6) is 11.5 Å². The van der Waals surface area contributed by atoms with Gasteiger partial charge in [-0.3, -0.25) is 14.4 Å². The van der Waals surface area contributed by atoms with Gasteiger partial charge in [0, 0.05) is 18.8 Å². The Morgan fingerprint density at radius 1 is 1.00 bits per heavy atom. The molecule has 3 aromatic rings. The lowest BCUT2D eigenvalue weighted by atomic mass is 10.3. The van der Waals surface area contributed by atoms with Gasteiger partial charge in [-0.15, -0.1) is 13.2 Å². The Hall–Kier alpha value is -4.35. The van der Waals surface area contributed by atoms with E-state index in [2.05, 4.69) is 15.2 Å². The number of hydrogen-bond donors (Lipinski definition) is 1. The normalized spacial score (nSPS) is 11.0. The topological polar surface area (TPSA) is 103 Å². The molecule has 2 aromatic carbocycles. The minimum Gasteiger partial charge on any atom is -0.492 e. The van der Waals surface area contributed by atoms with E-state index in [0.717, 1.165) is 21.7 Å². The summed E-state index contributed by atoms with van der Waals surface area (Å²) in [5.41, 5.74) is -0.250. The first kappa shape index (κ1) is 25.3. The Labute approximate surface area is 197 Å². The number of rotatable bonds is 9. The van der Waals surface area contributed by atoms with Gasteiger partial charge < -0.3 is 19.7 Å². The quantitative estimate of drug-likeness (QED) is 0.495. The number of benzene rings is 2. The number of carbonyl (C=O) groups is 2. The fourth-order valence-electron chi connectivity index (χ4n) is 2.91. The molecule has 9 nitrogen and oxygen atoms in total. The summed E-state index contributed by atoms with van der Waals surface area (Å²) in [7, 11) is 1.37. The number of carbonyl (C=O) groups excluding carboxylic acids is 2. The molecule has 0 bridgehead atoms. The molecule has 35 heavy (non-hydrogen) atoms. The third-order valence-electron chi connectivity index (χ3n) is 4.50. The van der Waals surface area contributed by atoms with Crippen molar-refractivity contribution in [2.24, 2.45) is 0 Å². The highest BCUT2D eigenvalue weighted by Gasteiger charge is 2.31. The second kappa shape index (κ2) is 11.2. The maximum atomic E-state index is 12.7. The summed E-state index contributed by atoms with van der Waals surface area (Å²) in [4.78, 5) is 38.1. The lowest BCUT2D eigenvalue weighted by Crippen LogP contribution is -2.36. The average molecular weight is 490 g/mol. The van der Waals surface area contributed by atoms with Crippen molar-refractivity contribution in [3.63, 3.8) is 0 Å². The van der Waals surface area contributed by atoms with E-state index in [1.807, 2.05) is 18.2 Å². The summed E-state index contributed by atoms with van der Waals surface area (Å²) >= 11 is 0. The third-order valence-corrected chi connectivity index (χ3v) is 4.50. The van der Waals surface area contributed by atoms with Crippen molar-refractivity contribution < 1.29 is 32.2 Å². The zero-order valence-electron chi connectivity index (χ0n) is 18.5. The number of para-hydroxylation sites is 1. The van der Waals surface area contributed by atoms with E-state index in [9.17, 15) is 27.6 Å². The number of likely N-dealkylation sites (N-methyl/N-ethyl adjacent to an activating group) is 1. The summed E-state index contributed by atoms with van der Waals surface area (Å²) in [6, 6.07) is 16.0. The molecule has 0 aliphatic heterocycles. The van der Waals surface area contributed by atoms with Crippen molar-refractivity contribution in [3.05, 3.63) is 82.8 Å². The molecule has 0 saturated carbocycles. The monoisotopic (exact) mass is 490 g/mol. The highest BCUT2D eigenvalue weighted by molar-refractivity contribution is 5.98. The van der Waals surface area contributed by atoms with Crippen LogP contribution in [0, 0.1) is 0 Å². The van der Waals surface area contributed by atoms with Gasteiger partial charge in [0.1, 0.15) is 23.8 Å². The molecular formula is C23H21F3N4O5. The van der Waals surface area contributed by atoms with Crippen LogP contribution in [0.3, 0.4) is 0 Å². The molecular weight excluding hydrogens is 469 g/mol. The van der Waals surface area contributed by atoms with Gasteiger partial charge in [-0.05, 0) is 42.5 Å². The van der Waals surface area contributed by atoms with E-state index in [1.54, 1.807) is 12.1 Å². The molecule has 0 aliphatic rings. The maximum Gasteiger partial charge on any atom is 0.573 e. The highest BCUT2D eigenvalue weighted by Crippen LogP contribution is 2.23. The summed E-state index contributed by atoms with van der Waals surface area (Å²) < 4.78 is 47.1. The standard InChI is InChI=1S/C23H21F3N4O5/c1-29(15-20(31)27-16-7-9-18(10-8-16)35-23(24,25)26)22(33)19-11-12-21(32)30(28-19)13-14-34-17-5-3-2-4-6-17/h2-12H,13-15H2,1H3,(H,27,31). The number of anilines is 1. The van der Waals surface area contributed by atoms with Crippen molar-refractivity contribution in [2.75, 3.05) is 25.5 Å². The van der Waals surface area contributed by atoms with E-state index >= 15 is 0 Å². The van der Waals surface area contributed by atoms with Crippen LogP contribution in [-0.4, -0.2) is 53.1 Å². The van der Waals surface area contributed by atoms with Gasteiger partial charge in [-0.25, -0.2) is 4.68 Å². The Balaban J connectivity index is 1.55. The smallest absolute Gasteiger partial charge is 0.492 e. The summed E-state index contributed by atoms with van der Waals surface area (Å²) in [6.07, 6.45) is -4.82. The van der Waals surface area contributed by atoms with Crippen LogP contribution < -0.4 is 20.3 Å². The molecule has 3 rings (SSSR count). The fourth-order valence-corrected chi connectivity index (χ4v) is 2.91. The number of nitrogens with zero attached hydrogens (tertiary/aromatic N) is 3. The molecule has 0 spiro atoms. The van der Waals surface area contributed by atoms with Gasteiger partial charge in [0.05, 0.1) is 13.1 Å². The van der Waals surface area contributed by atoms with Gasteiger partial charge in [0.2, 0.25) is 5.91 Å². The van der Waals surface area contributed by atoms with Crippen LogP contribution >= 0.6 is 0 Å². The van der Waals surface area contributed by atoms with E-state index in [1.165, 1.54) is 31.3 Å². The minimum atomic E-state index is -4.82. The van der Waals surface area contributed by atoms with E-state index in [0.29, 0.717) is 5.75 Å². The number of alkyl halides is 3. The Bertz CT molecular complexity index is 1210. The van der Waals surface area contributed by atoms with E-state index in [-0.39, 0.29) is 31.1 Å². The Morgan fingerprint density at radius 2 is 1.69 bits per heavy atom. The molecule has 0 unspecified atom stereocenters. The predicted octanol–water partition coefficient (Wildman–Crippen LogP) is 2.93. The van der Waals surface area contributed by atoms with Crippen molar-refractivity contribution in [1.29, 1.82) is 0 Å². The molecule has 0 aliphatic carbocycles. The van der Waals surface area contributed by atoms with Crippen LogP contribution in [0.1, 0.15) is 10.5 Å². The zero-order chi connectivity index (χ0) is 25.4. The van der Waals surface area contributed by atoms with Gasteiger partial charge in [-0.2, -0.15) is 5.10 Å². The summed E-state index contributed by atoms with van der Waals surface area (Å²) in [5, 5.41) is 6.52. The number of nitrogens with one attached hydrogen (secondary N) is 1. The second-order valence-corrected chi connectivity index (χ2v) is 7.22. The average Bonchev–Trinajstić information content (AvgIpc) is 2.81. The van der Waals surface area contributed by atoms with Crippen LogP contribution in [0.4, 0.5) is 18.9 Å². The van der Waals surface area contributed by atoms with Crippen molar-refractivity contribution >= 4 is 17.5 Å². The van der Waals surface area contributed by atoms with Crippen LogP contribution in [0.2, 0.25) is 0 Å². The molecule has 0 fully saturated rings. The number of halogens is 3. The molecule has 0 radical (unpaired) electrons. The van der Waals surface area contributed by atoms with Crippen LogP contribution in [0.25, 0.3) is 0 Å². The first-order valence-electron chi connectivity index (χ1n) is 10.3. The first-order valence-corrected chi connectivity index (χ1v) is 10.3. The summed E-state index contributed by atoms with van der Waals surface area (Å²) in [5.74, 6) is -0.999. The maximum absolute atomic E-state index is 12.7. The van der Waals surface area contributed by atoms with Crippen LogP contribution in [0.15, 0.2) is 71.5 Å². The molecule has 2 amide bonds. The van der Waals surface area contributed by atoms with Gasteiger partial charge in [0.15, 0.2) is 0 Å². The lowest BCUT2D eigenvalue weighted by molar-refractivity contribution is -0.274. The molecule has 184 valence electrons. The molecule has 1 aromatic heterocycles. The Kier molecular flexibility index (Phi) is 8.08. The van der Waals surface area contributed by atoms with E-state index < -0.39 is 29.5 Å².